The summed E-state index contributed by atoms with van der Waals surface area (Å²) in [6.45, 7) is 0.0971. The molecule has 0 aliphatic heterocycles. The molecule has 0 bridgehead atoms. The Hall–Kier alpha value is -5.46. The average molecular weight is 675 g/mol. The highest BCUT2D eigenvalue weighted by molar-refractivity contribution is 6.37. The van der Waals surface area contributed by atoms with Gasteiger partial charge in [0.15, 0.2) is 11.2 Å². The Bertz CT molecular complexity index is 2750. The fraction of sp³-hybridized carbons (Fsp3) is 0.152. The fourth-order valence-corrected chi connectivity index (χ4v) is 7.26. The van der Waals surface area contributed by atoms with E-state index >= 15 is 0 Å². The van der Waals surface area contributed by atoms with E-state index in [0.29, 0.717) is 5.02 Å². The van der Waals surface area contributed by atoms with Crippen LogP contribution in [0.1, 0.15) is 28.8 Å². The lowest BCUT2D eigenvalue weighted by Gasteiger charge is -2.27. The van der Waals surface area contributed by atoms with Crippen molar-refractivity contribution in [1.82, 2.24) is 4.98 Å². The molecule has 0 saturated heterocycles. The lowest BCUT2D eigenvalue weighted by Crippen LogP contribution is -2.51. The zero-order valence-corrected chi connectivity index (χ0v) is 25.6. The summed E-state index contributed by atoms with van der Waals surface area (Å²) in [5.74, 6) is -2.79. The summed E-state index contributed by atoms with van der Waals surface area (Å²) in [5.41, 5.74) is -6.26. The van der Waals surface area contributed by atoms with Gasteiger partial charge in [0.2, 0.25) is 16.3 Å². The number of hydrogen-bond acceptors (Lipinski definition) is 11. The lowest BCUT2D eigenvalue weighted by atomic mass is 9.78. The first-order valence-electron chi connectivity index (χ1n) is 14.0. The van der Waals surface area contributed by atoms with Crippen LogP contribution in [0, 0.1) is 10.4 Å². The van der Waals surface area contributed by atoms with Crippen molar-refractivity contribution in [3.8, 4) is 11.5 Å². The van der Waals surface area contributed by atoms with Gasteiger partial charge >= 0.3 is 0 Å². The Morgan fingerprint density at radius 3 is 2.32 bits per heavy atom. The molecule has 1 atom stereocenters. The number of halogens is 2. The van der Waals surface area contributed by atoms with Crippen molar-refractivity contribution in [2.75, 3.05) is 7.11 Å². The first kappa shape index (κ1) is 30.2. The predicted octanol–water partition coefficient (Wildman–Crippen LogP) is 1.37. The van der Waals surface area contributed by atoms with E-state index in [9.17, 15) is 39.3 Å². The number of fused-ring (bicyclic) bond motifs is 4. The number of nitrogens with zero attached hydrogens (tertiary/aromatic N) is 1. The molecule has 0 amide bonds. The zero-order valence-electron chi connectivity index (χ0n) is 24.1. The Kier molecular flexibility index (Phi) is 6.78. The van der Waals surface area contributed by atoms with E-state index in [-0.39, 0.29) is 52.1 Å². The number of aromatic amines is 1. The van der Waals surface area contributed by atoms with Crippen LogP contribution in [0.2, 0.25) is 10.0 Å². The van der Waals surface area contributed by atoms with Gasteiger partial charge in [0.05, 0.1) is 50.3 Å². The summed E-state index contributed by atoms with van der Waals surface area (Å²) in [6, 6.07) is 9.18. The van der Waals surface area contributed by atoms with Crippen molar-refractivity contribution in [2.45, 2.75) is 24.9 Å². The summed E-state index contributed by atoms with van der Waals surface area (Å²) >= 11 is 12.8. The zero-order chi connectivity index (χ0) is 33.5. The second kappa shape index (κ2) is 10.5. The van der Waals surface area contributed by atoms with Gasteiger partial charge in [-0.15, -0.1) is 0 Å². The normalized spacial score (nSPS) is 16.9. The Morgan fingerprint density at radius 2 is 1.64 bits per heavy atom. The number of aliphatic hydroxyl groups excluding tert-OH is 2. The molecule has 0 saturated carbocycles. The third-order valence-electron chi connectivity index (χ3n) is 8.76. The van der Waals surface area contributed by atoms with Crippen LogP contribution in [0.3, 0.4) is 0 Å². The van der Waals surface area contributed by atoms with Crippen molar-refractivity contribution in [1.29, 1.82) is 0 Å². The number of ether oxygens (including phenoxy) is 1. The third-order valence-corrected chi connectivity index (χ3v) is 9.43. The summed E-state index contributed by atoms with van der Waals surface area (Å²) < 4.78 is 4.90. The van der Waals surface area contributed by atoms with Crippen LogP contribution in [-0.2, 0) is 23.3 Å². The Morgan fingerprint density at radius 1 is 0.936 bits per heavy atom. The van der Waals surface area contributed by atoms with Gasteiger partial charge in [-0.05, 0) is 42.2 Å². The maximum Gasteiger partial charge on any atom is 0.260 e. The number of aliphatic hydroxyl groups is 2. The van der Waals surface area contributed by atoms with Crippen molar-refractivity contribution in [3.63, 3.8) is 0 Å². The number of nitrogens with one attached hydrogen (secondary N) is 1. The highest BCUT2D eigenvalue weighted by Gasteiger charge is 2.53. The van der Waals surface area contributed by atoms with Crippen molar-refractivity contribution in [2.24, 2.45) is 5.16 Å². The highest BCUT2D eigenvalue weighted by atomic mass is 35.5. The molecule has 236 valence electrons. The van der Waals surface area contributed by atoms with Gasteiger partial charge in [-0.1, -0.05) is 40.5 Å². The lowest BCUT2D eigenvalue weighted by molar-refractivity contribution is 0.132. The molecule has 3 aromatic rings. The number of benzene rings is 2. The van der Waals surface area contributed by atoms with Crippen LogP contribution in [0.5, 0.6) is 11.5 Å². The number of phenolic OH excluding ortho intramolecular Hbond substituents is 1. The van der Waals surface area contributed by atoms with Gasteiger partial charge in [0.25, 0.3) is 5.56 Å². The average Bonchev–Trinajstić information content (AvgIpc) is 3.55. The minimum Gasteiger partial charge on any atom is -0.510 e. The molecule has 14 heteroatoms. The van der Waals surface area contributed by atoms with Crippen LogP contribution in [0.4, 0.5) is 0 Å². The van der Waals surface area contributed by atoms with Gasteiger partial charge in [0, 0.05) is 22.0 Å². The topological polar surface area (TPSA) is 193 Å². The monoisotopic (exact) mass is 674 g/mol. The first-order valence-corrected chi connectivity index (χ1v) is 14.7. The van der Waals surface area contributed by atoms with Crippen LogP contribution < -0.4 is 42.4 Å². The van der Waals surface area contributed by atoms with Crippen LogP contribution in [0.15, 0.2) is 65.5 Å². The van der Waals surface area contributed by atoms with E-state index in [1.54, 1.807) is 24.3 Å². The summed E-state index contributed by atoms with van der Waals surface area (Å²) in [5, 5.41) is 36.1. The molecule has 0 unspecified atom stereocenters. The number of pyridine rings is 1. The maximum absolute atomic E-state index is 13.7. The van der Waals surface area contributed by atoms with Gasteiger partial charge in [0.1, 0.15) is 29.3 Å². The minimum atomic E-state index is -2.08. The molecule has 4 N–H and O–H groups in total. The number of hydrogen-bond donors (Lipinski definition) is 4. The first-order chi connectivity index (χ1) is 22.4. The van der Waals surface area contributed by atoms with Gasteiger partial charge in [-0.2, -0.15) is 0 Å². The van der Waals surface area contributed by atoms with Crippen LogP contribution >= 0.6 is 23.2 Å². The molecule has 7 rings (SSSR count). The molecule has 1 heterocycles. The smallest absolute Gasteiger partial charge is 0.260 e. The van der Waals surface area contributed by atoms with Gasteiger partial charge < -0.3 is 29.9 Å². The SMILES string of the molecule is COc1cc(=O)c2c(=O)c3c(c(=O)c=2c1=O)=C(O)[C@]1(CCc2c1c(O)c1c(=O)[nH]c(/C=N/OCc4cccc(Cl)c4)cc1c2Cl)C=3O. The van der Waals surface area contributed by atoms with E-state index < -0.39 is 76.6 Å². The molecule has 1 spiro atoms. The number of oxime groups is 1. The van der Waals surface area contributed by atoms with Crippen LogP contribution in [0.25, 0.3) is 22.3 Å². The minimum absolute atomic E-state index is 0.00473. The molecule has 4 aliphatic carbocycles. The number of aromatic nitrogens is 1. The quantitative estimate of drug-likeness (QED) is 0.156. The van der Waals surface area contributed by atoms with E-state index in [1.807, 2.05) is 0 Å². The van der Waals surface area contributed by atoms with E-state index in [2.05, 4.69) is 10.1 Å². The second-order valence-electron chi connectivity index (χ2n) is 11.2. The molecule has 0 fully saturated rings. The molecule has 1 aromatic heterocycles. The van der Waals surface area contributed by atoms with Gasteiger partial charge in [-0.25, -0.2) is 0 Å². The Labute approximate surface area is 270 Å². The van der Waals surface area contributed by atoms with E-state index in [4.69, 9.17) is 32.8 Å². The Balaban J connectivity index is 1.42. The molecule has 47 heavy (non-hydrogen) atoms. The number of rotatable bonds is 5. The van der Waals surface area contributed by atoms with E-state index in [0.717, 1.165) is 18.7 Å². The molecule has 2 aromatic carbocycles. The summed E-state index contributed by atoms with van der Waals surface area (Å²) in [7, 11) is 1.11. The highest BCUT2D eigenvalue weighted by Crippen LogP contribution is 2.56. The van der Waals surface area contributed by atoms with Gasteiger partial charge in [-0.3, -0.25) is 24.0 Å². The number of phenols is 1. The largest absolute Gasteiger partial charge is 0.510 e. The third kappa shape index (κ3) is 4.08. The number of H-pyrrole nitrogens is 1. The maximum atomic E-state index is 13.7. The standard InChI is InChI=1S/C33H20Cl2N2O10/c1-46-18-9-17(38)20-21(26(18)39)28(41)23-22(27(20)40)30(43)33(31(23)44)6-5-15-24(33)29(42)19-16(25(15)35)8-14(37-32(19)45)10-36-47-11-12-3-2-4-13(34)7-12/h2-4,7-10,42-44H,5-6,11H2,1H3,(H,37,45)/b36-10+/t33-/m0/s1. The molecular formula is C33H20Cl2N2O10. The van der Waals surface area contributed by atoms with Crippen LogP contribution in [-0.4, -0.2) is 33.6 Å². The second-order valence-corrected chi connectivity index (χ2v) is 12.0. The summed E-state index contributed by atoms with van der Waals surface area (Å²) in [4.78, 5) is 74.3. The van der Waals surface area contributed by atoms with Crippen molar-refractivity contribution in [3.05, 3.63) is 141 Å². The fourth-order valence-electron chi connectivity index (χ4n) is 6.71. The number of methoxy groups -OCH3 is 1. The molecule has 0 radical (unpaired) electrons. The summed E-state index contributed by atoms with van der Waals surface area (Å²) in [6.07, 6.45) is 1.07. The molecular weight excluding hydrogens is 655 g/mol. The van der Waals surface area contributed by atoms with E-state index in [1.165, 1.54) is 12.3 Å². The molecule has 4 aliphatic rings. The van der Waals surface area contributed by atoms with Crippen molar-refractivity contribution < 1.29 is 24.9 Å². The number of aromatic hydroxyl groups is 1. The van der Waals surface area contributed by atoms with Crippen molar-refractivity contribution >= 4 is 51.7 Å². The molecule has 12 nitrogen and oxygen atoms in total. The predicted molar refractivity (Wildman–Crippen MR) is 172 cm³/mol.